The number of halogens is 1. The number of likely N-dealkylation sites (N-methyl/N-ethyl adjacent to an activating group) is 1. The zero-order valence-electron chi connectivity index (χ0n) is 19.8. The van der Waals surface area contributed by atoms with Gasteiger partial charge < -0.3 is 10.2 Å². The molecule has 0 aliphatic carbocycles. The van der Waals surface area contributed by atoms with E-state index in [-0.39, 0.29) is 31.3 Å². The van der Waals surface area contributed by atoms with E-state index in [0.717, 1.165) is 21.2 Å². The van der Waals surface area contributed by atoms with Crippen LogP contribution in [-0.4, -0.2) is 51.0 Å². The SMILES string of the molecule is CNC(=O)[C@H](C)N(Cc1ccc(Br)cc1)C(=O)CCCN(c1cc(C)ccc1C)S(C)(=O)=O. The number of carbonyl (C=O) groups excluding carboxylic acids is 2. The molecule has 0 heterocycles. The second-order valence-corrected chi connectivity index (χ2v) is 11.0. The average molecular weight is 539 g/mol. The fourth-order valence-corrected chi connectivity index (χ4v) is 4.83. The third kappa shape index (κ3) is 7.57. The molecule has 0 bridgehead atoms. The van der Waals surface area contributed by atoms with E-state index in [1.54, 1.807) is 6.92 Å². The predicted octanol–water partition coefficient (Wildman–Crippen LogP) is 3.78. The van der Waals surface area contributed by atoms with Crippen LogP contribution in [0.25, 0.3) is 0 Å². The monoisotopic (exact) mass is 537 g/mol. The smallest absolute Gasteiger partial charge is 0.242 e. The Balaban J connectivity index is 2.17. The lowest BCUT2D eigenvalue weighted by Gasteiger charge is -2.29. The quantitative estimate of drug-likeness (QED) is 0.499. The standard InChI is InChI=1S/C24H32BrN3O4S/c1-17-8-9-18(2)22(15-17)28(33(5,31)32)14-6-7-23(29)27(19(3)24(30)26-4)16-20-10-12-21(25)13-11-20/h8-13,15,19H,6-7,14,16H2,1-5H3,(H,26,30)/t19-/m0/s1. The highest BCUT2D eigenvalue weighted by atomic mass is 79.9. The normalized spacial score (nSPS) is 12.2. The van der Waals surface area contributed by atoms with Crippen LogP contribution in [0, 0.1) is 13.8 Å². The van der Waals surface area contributed by atoms with Crippen molar-refractivity contribution in [2.75, 3.05) is 24.2 Å². The maximum atomic E-state index is 13.1. The van der Waals surface area contributed by atoms with Crippen LogP contribution in [-0.2, 0) is 26.2 Å². The van der Waals surface area contributed by atoms with Gasteiger partial charge in [-0.15, -0.1) is 0 Å². The number of hydrogen-bond acceptors (Lipinski definition) is 4. The minimum Gasteiger partial charge on any atom is -0.357 e. The summed E-state index contributed by atoms with van der Waals surface area (Å²) in [5.74, 6) is -0.461. The van der Waals surface area contributed by atoms with Crippen molar-refractivity contribution in [2.45, 2.75) is 46.2 Å². The summed E-state index contributed by atoms with van der Waals surface area (Å²) < 4.78 is 27.2. The van der Waals surface area contributed by atoms with Gasteiger partial charge >= 0.3 is 0 Å². The van der Waals surface area contributed by atoms with E-state index in [2.05, 4.69) is 21.2 Å². The van der Waals surface area contributed by atoms with Gasteiger partial charge in [-0.25, -0.2) is 8.42 Å². The van der Waals surface area contributed by atoms with Gasteiger partial charge in [0.25, 0.3) is 0 Å². The van der Waals surface area contributed by atoms with Crippen molar-refractivity contribution in [3.63, 3.8) is 0 Å². The Hall–Kier alpha value is -2.39. The van der Waals surface area contributed by atoms with Gasteiger partial charge in [0.2, 0.25) is 21.8 Å². The van der Waals surface area contributed by atoms with Crippen LogP contribution in [0.3, 0.4) is 0 Å². The summed E-state index contributed by atoms with van der Waals surface area (Å²) in [6.45, 7) is 5.92. The van der Waals surface area contributed by atoms with E-state index in [0.29, 0.717) is 12.1 Å². The van der Waals surface area contributed by atoms with E-state index in [1.165, 1.54) is 22.5 Å². The zero-order chi connectivity index (χ0) is 24.8. The van der Waals surface area contributed by atoms with Crippen molar-refractivity contribution < 1.29 is 18.0 Å². The number of nitrogens with zero attached hydrogens (tertiary/aromatic N) is 2. The molecule has 0 saturated heterocycles. The van der Waals surface area contributed by atoms with Gasteiger partial charge in [-0.2, -0.15) is 0 Å². The van der Waals surface area contributed by atoms with Crippen molar-refractivity contribution in [3.05, 3.63) is 63.6 Å². The predicted molar refractivity (Wildman–Crippen MR) is 136 cm³/mol. The molecule has 9 heteroatoms. The Kier molecular flexibility index (Phi) is 9.48. The summed E-state index contributed by atoms with van der Waals surface area (Å²) in [7, 11) is -1.98. The first-order valence-electron chi connectivity index (χ1n) is 10.7. The first kappa shape index (κ1) is 26.9. The van der Waals surface area contributed by atoms with Crippen LogP contribution >= 0.6 is 15.9 Å². The van der Waals surface area contributed by atoms with Crippen LogP contribution in [0.1, 0.15) is 36.5 Å². The van der Waals surface area contributed by atoms with Crippen molar-refractivity contribution in [2.24, 2.45) is 0 Å². The van der Waals surface area contributed by atoms with E-state index in [4.69, 9.17) is 0 Å². The largest absolute Gasteiger partial charge is 0.357 e. The molecule has 2 aromatic carbocycles. The number of sulfonamides is 1. The molecule has 0 aliphatic rings. The summed E-state index contributed by atoms with van der Waals surface area (Å²) in [6, 6.07) is 12.6. The third-order valence-electron chi connectivity index (χ3n) is 5.47. The molecular formula is C24H32BrN3O4S. The molecule has 0 fully saturated rings. The van der Waals surface area contributed by atoms with Crippen molar-refractivity contribution in [1.82, 2.24) is 10.2 Å². The minimum atomic E-state index is -3.52. The molecule has 7 nitrogen and oxygen atoms in total. The molecule has 0 saturated carbocycles. The number of rotatable bonds is 10. The fraction of sp³-hybridized carbons (Fsp3) is 0.417. The van der Waals surface area contributed by atoms with Gasteiger partial charge in [-0.05, 0) is 62.1 Å². The Morgan fingerprint density at radius 1 is 1.09 bits per heavy atom. The zero-order valence-corrected chi connectivity index (χ0v) is 22.2. The Morgan fingerprint density at radius 2 is 1.73 bits per heavy atom. The Bertz CT molecular complexity index is 1090. The summed E-state index contributed by atoms with van der Waals surface area (Å²) in [6.07, 6.45) is 1.62. The lowest BCUT2D eigenvalue weighted by molar-refractivity contribution is -0.140. The molecule has 1 atom stereocenters. The third-order valence-corrected chi connectivity index (χ3v) is 7.17. The highest BCUT2D eigenvalue weighted by molar-refractivity contribution is 9.10. The van der Waals surface area contributed by atoms with Gasteiger partial charge in [0.05, 0.1) is 11.9 Å². The van der Waals surface area contributed by atoms with Crippen molar-refractivity contribution in [3.8, 4) is 0 Å². The molecule has 1 N–H and O–H groups in total. The second kappa shape index (κ2) is 11.7. The highest BCUT2D eigenvalue weighted by Gasteiger charge is 2.26. The number of hydrogen-bond donors (Lipinski definition) is 1. The summed E-state index contributed by atoms with van der Waals surface area (Å²) in [4.78, 5) is 26.9. The van der Waals surface area contributed by atoms with E-state index in [9.17, 15) is 18.0 Å². The minimum absolute atomic E-state index is 0.120. The first-order valence-corrected chi connectivity index (χ1v) is 13.4. The Morgan fingerprint density at radius 3 is 2.30 bits per heavy atom. The van der Waals surface area contributed by atoms with Crippen LogP contribution in [0.2, 0.25) is 0 Å². The van der Waals surface area contributed by atoms with E-state index < -0.39 is 16.1 Å². The number of carbonyl (C=O) groups is 2. The van der Waals surface area contributed by atoms with E-state index >= 15 is 0 Å². The van der Waals surface area contributed by atoms with Gasteiger partial charge in [0, 0.05) is 31.0 Å². The van der Waals surface area contributed by atoms with Crippen LogP contribution in [0.5, 0.6) is 0 Å². The van der Waals surface area contributed by atoms with Gasteiger partial charge in [0.1, 0.15) is 6.04 Å². The number of amides is 2. The molecule has 0 radical (unpaired) electrons. The maximum Gasteiger partial charge on any atom is 0.242 e. The summed E-state index contributed by atoms with van der Waals surface area (Å²) in [5.41, 5.74) is 3.33. The van der Waals surface area contributed by atoms with Gasteiger partial charge in [-0.1, -0.05) is 40.2 Å². The number of anilines is 1. The van der Waals surface area contributed by atoms with Crippen molar-refractivity contribution >= 4 is 43.5 Å². The van der Waals surface area contributed by atoms with Crippen LogP contribution in [0.4, 0.5) is 5.69 Å². The molecule has 180 valence electrons. The second-order valence-electron chi connectivity index (χ2n) is 8.17. The fourth-order valence-electron chi connectivity index (χ4n) is 3.55. The molecule has 0 aliphatic heterocycles. The van der Waals surface area contributed by atoms with Crippen LogP contribution < -0.4 is 9.62 Å². The average Bonchev–Trinajstić information content (AvgIpc) is 2.76. The molecule has 2 rings (SSSR count). The number of benzene rings is 2. The first-order chi connectivity index (χ1) is 15.4. The summed E-state index contributed by atoms with van der Waals surface area (Å²) in [5, 5.41) is 2.59. The van der Waals surface area contributed by atoms with Crippen molar-refractivity contribution in [1.29, 1.82) is 0 Å². The maximum absolute atomic E-state index is 13.1. The van der Waals surface area contributed by atoms with Gasteiger partial charge in [0.15, 0.2) is 0 Å². The molecule has 0 aromatic heterocycles. The molecule has 33 heavy (non-hydrogen) atoms. The Labute approximate surface area is 205 Å². The summed E-state index contributed by atoms with van der Waals surface area (Å²) >= 11 is 3.40. The lowest BCUT2D eigenvalue weighted by Crippen LogP contribution is -2.46. The number of aryl methyl sites for hydroxylation is 2. The molecule has 2 aromatic rings. The lowest BCUT2D eigenvalue weighted by atomic mass is 10.1. The molecule has 2 amide bonds. The topological polar surface area (TPSA) is 86.8 Å². The molecule has 0 spiro atoms. The molecular weight excluding hydrogens is 506 g/mol. The number of nitrogens with one attached hydrogen (secondary N) is 1. The van der Waals surface area contributed by atoms with E-state index in [1.807, 2.05) is 56.3 Å². The van der Waals surface area contributed by atoms with Crippen LogP contribution in [0.15, 0.2) is 46.9 Å². The molecule has 0 unspecified atom stereocenters. The highest BCUT2D eigenvalue weighted by Crippen LogP contribution is 2.24. The van der Waals surface area contributed by atoms with Gasteiger partial charge in [-0.3, -0.25) is 13.9 Å².